The third kappa shape index (κ3) is 5.70. The summed E-state index contributed by atoms with van der Waals surface area (Å²) in [7, 11) is 0. The third-order valence-electron chi connectivity index (χ3n) is 6.94. The molecule has 6 heteroatoms. The number of nitrogens with zero attached hydrogens (tertiary/aromatic N) is 2. The molecule has 0 saturated heterocycles. The molecule has 0 aliphatic carbocycles. The maximum Gasteiger partial charge on any atom is 0.224 e. The number of fused-ring (bicyclic) bond motifs is 1. The van der Waals surface area contributed by atoms with Crippen LogP contribution in [-0.2, 0) is 24.2 Å². The molecule has 0 aliphatic heterocycles. The Kier molecular flexibility index (Phi) is 7.40. The Hall–Kier alpha value is -4.58. The van der Waals surface area contributed by atoms with E-state index in [1.54, 1.807) is 0 Å². The lowest BCUT2D eigenvalue weighted by Crippen LogP contribution is -2.37. The minimum Gasteiger partial charge on any atom is -0.399 e. The fourth-order valence-electron chi connectivity index (χ4n) is 4.92. The number of hydrogen-bond acceptors (Lipinski definition) is 3. The van der Waals surface area contributed by atoms with Crippen LogP contribution in [0.3, 0.4) is 0 Å². The van der Waals surface area contributed by atoms with Crippen LogP contribution in [0.25, 0.3) is 11.0 Å². The van der Waals surface area contributed by atoms with Crippen molar-refractivity contribution in [2.75, 3.05) is 12.3 Å². The number of imidazole rings is 1. The molecular weight excluding hydrogens is 470 g/mol. The van der Waals surface area contributed by atoms with Crippen LogP contribution in [0.5, 0.6) is 0 Å². The monoisotopic (exact) mass is 503 g/mol. The van der Waals surface area contributed by atoms with E-state index < -0.39 is 0 Å². The Morgan fingerprint density at radius 1 is 0.816 bits per heavy atom. The van der Waals surface area contributed by atoms with Crippen molar-refractivity contribution in [2.24, 2.45) is 0 Å². The van der Waals surface area contributed by atoms with Gasteiger partial charge in [0.2, 0.25) is 11.5 Å². The van der Waals surface area contributed by atoms with Gasteiger partial charge in [-0.2, -0.15) is 0 Å². The summed E-state index contributed by atoms with van der Waals surface area (Å²) in [6.07, 6.45) is 0.976. The molecule has 0 radical (unpaired) electrons. The largest absolute Gasteiger partial charge is 0.399 e. The number of carbonyl (C=O) groups excluding carboxylic acids is 1. The summed E-state index contributed by atoms with van der Waals surface area (Å²) in [4.78, 5) is 12.9. The molecular formula is C32H33N5O. The summed E-state index contributed by atoms with van der Waals surface area (Å²) in [6.45, 7) is 3.10. The molecule has 1 amide bonds. The number of carbonyl (C=O) groups is 1. The zero-order chi connectivity index (χ0) is 26.5. The fraction of sp³-hybridized carbons (Fsp3) is 0.188. The molecule has 1 atom stereocenters. The minimum absolute atomic E-state index is 0.0524. The lowest BCUT2D eigenvalue weighted by molar-refractivity contribution is -0.120. The Bertz CT molecular complexity index is 1580. The molecule has 192 valence electrons. The Morgan fingerprint density at radius 2 is 1.45 bits per heavy atom. The molecule has 4 aromatic carbocycles. The summed E-state index contributed by atoms with van der Waals surface area (Å²) in [5.74, 6) is -0.0524. The highest BCUT2D eigenvalue weighted by Crippen LogP contribution is 2.21. The van der Waals surface area contributed by atoms with Crippen molar-refractivity contribution in [3.63, 3.8) is 0 Å². The van der Waals surface area contributed by atoms with E-state index in [4.69, 9.17) is 5.73 Å². The van der Waals surface area contributed by atoms with E-state index in [2.05, 4.69) is 65.3 Å². The lowest BCUT2D eigenvalue weighted by Gasteiger charge is -2.21. The average Bonchev–Trinajstić information content (AvgIpc) is 3.20. The highest BCUT2D eigenvalue weighted by Gasteiger charge is 2.20. The Labute approximate surface area is 222 Å². The molecule has 1 heterocycles. The number of para-hydroxylation sites is 2. The highest BCUT2D eigenvalue weighted by molar-refractivity contribution is 5.79. The molecule has 4 N–H and O–H groups in total. The van der Waals surface area contributed by atoms with Crippen LogP contribution >= 0.6 is 0 Å². The van der Waals surface area contributed by atoms with Crippen molar-refractivity contribution in [2.45, 2.75) is 32.4 Å². The number of benzene rings is 4. The van der Waals surface area contributed by atoms with E-state index in [1.807, 2.05) is 59.2 Å². The topological polar surface area (TPSA) is 88.8 Å². The van der Waals surface area contributed by atoms with Crippen molar-refractivity contribution < 1.29 is 4.79 Å². The van der Waals surface area contributed by atoms with Gasteiger partial charge in [-0.1, -0.05) is 84.4 Å². The van der Waals surface area contributed by atoms with Crippen LogP contribution in [0.15, 0.2) is 103 Å². The molecule has 1 aromatic heterocycles. The van der Waals surface area contributed by atoms with Gasteiger partial charge in [-0.3, -0.25) is 10.2 Å². The summed E-state index contributed by atoms with van der Waals surface area (Å²) < 4.78 is 4.12. The van der Waals surface area contributed by atoms with E-state index in [-0.39, 0.29) is 18.4 Å². The second kappa shape index (κ2) is 11.2. The molecule has 0 saturated carbocycles. The number of nitrogen functional groups attached to an aromatic ring is 1. The van der Waals surface area contributed by atoms with Crippen LogP contribution in [-0.4, -0.2) is 21.6 Å². The Balaban J connectivity index is 1.47. The third-order valence-corrected chi connectivity index (χ3v) is 6.94. The van der Waals surface area contributed by atoms with Gasteiger partial charge < -0.3 is 20.2 Å². The zero-order valence-electron chi connectivity index (χ0n) is 21.6. The molecule has 1 unspecified atom stereocenters. The van der Waals surface area contributed by atoms with E-state index in [9.17, 15) is 10.2 Å². The smallest absolute Gasteiger partial charge is 0.224 e. The zero-order valence-corrected chi connectivity index (χ0v) is 21.6. The quantitative estimate of drug-likeness (QED) is 0.247. The van der Waals surface area contributed by atoms with Gasteiger partial charge in [-0.15, -0.1) is 0 Å². The highest BCUT2D eigenvalue weighted by atomic mass is 16.1. The molecule has 0 spiro atoms. The van der Waals surface area contributed by atoms with Crippen molar-refractivity contribution in [3.05, 3.63) is 131 Å². The maximum atomic E-state index is 12.9. The number of amides is 1. The number of nitrogens with one attached hydrogen (secondary N) is 2. The molecule has 0 aliphatic rings. The minimum atomic E-state index is -0.135. The second-order valence-electron chi connectivity index (χ2n) is 9.82. The predicted molar refractivity (Wildman–Crippen MR) is 153 cm³/mol. The summed E-state index contributed by atoms with van der Waals surface area (Å²) in [5, 5.41) is 12.4. The Morgan fingerprint density at radius 3 is 2.16 bits per heavy atom. The number of aryl methyl sites for hydroxylation is 1. The van der Waals surface area contributed by atoms with Gasteiger partial charge in [-0.25, -0.2) is 0 Å². The fourth-order valence-corrected chi connectivity index (χ4v) is 4.92. The van der Waals surface area contributed by atoms with E-state index in [0.717, 1.165) is 27.7 Å². The lowest BCUT2D eigenvalue weighted by atomic mass is 10.0. The number of rotatable bonds is 9. The van der Waals surface area contributed by atoms with Gasteiger partial charge in [0.15, 0.2) is 0 Å². The van der Waals surface area contributed by atoms with Crippen molar-refractivity contribution in [3.8, 4) is 0 Å². The molecule has 5 aromatic rings. The van der Waals surface area contributed by atoms with Gasteiger partial charge in [0.05, 0.1) is 30.0 Å². The van der Waals surface area contributed by atoms with Crippen LogP contribution in [0.1, 0.15) is 28.3 Å². The van der Waals surface area contributed by atoms with E-state index in [1.165, 1.54) is 5.56 Å². The number of hydrogen-bond donors (Lipinski definition) is 3. The van der Waals surface area contributed by atoms with E-state index in [0.29, 0.717) is 30.8 Å². The summed E-state index contributed by atoms with van der Waals surface area (Å²) in [6, 6.07) is 34.1. The normalized spacial score (nSPS) is 11.9. The second-order valence-corrected chi connectivity index (χ2v) is 9.82. The first-order chi connectivity index (χ1) is 18.5. The first-order valence-electron chi connectivity index (χ1n) is 12.9. The van der Waals surface area contributed by atoms with Gasteiger partial charge in [-0.05, 0) is 54.3 Å². The van der Waals surface area contributed by atoms with Crippen LogP contribution < -0.4 is 16.7 Å². The molecule has 5 rings (SSSR count). The first-order valence-corrected chi connectivity index (χ1v) is 12.9. The maximum absolute atomic E-state index is 12.9. The summed E-state index contributed by atoms with van der Waals surface area (Å²) in [5.41, 5.74) is 13.3. The van der Waals surface area contributed by atoms with Crippen LogP contribution in [0.4, 0.5) is 5.69 Å². The van der Waals surface area contributed by atoms with Gasteiger partial charge in [0.25, 0.3) is 0 Å². The number of anilines is 1. The van der Waals surface area contributed by atoms with Crippen molar-refractivity contribution >= 4 is 22.6 Å². The predicted octanol–water partition coefficient (Wildman–Crippen LogP) is 5.00. The average molecular weight is 504 g/mol. The van der Waals surface area contributed by atoms with Gasteiger partial charge in [0, 0.05) is 12.2 Å². The molecule has 38 heavy (non-hydrogen) atoms. The first kappa shape index (κ1) is 25.1. The van der Waals surface area contributed by atoms with Crippen LogP contribution in [0.2, 0.25) is 0 Å². The number of nitrogens with two attached hydrogens (primary N) is 1. The summed E-state index contributed by atoms with van der Waals surface area (Å²) >= 11 is 0. The molecule has 0 fully saturated rings. The number of aromatic nitrogens is 2. The van der Waals surface area contributed by atoms with Gasteiger partial charge in [0.1, 0.15) is 0 Å². The van der Waals surface area contributed by atoms with Crippen LogP contribution in [0, 0.1) is 12.3 Å². The van der Waals surface area contributed by atoms with Crippen molar-refractivity contribution in [1.29, 1.82) is 5.41 Å². The standard InChI is InChI=1S/C32H33N5O/c1-23-11-13-26(14-12-23)22-36-29-9-5-6-10-30(29)37(32(36)34)28(19-24-7-3-2-4-8-24)21-35-31(38)20-25-15-17-27(33)18-16-25/h2-18,28,34H,19-22,33H2,1H3,(H,35,38). The molecule has 6 nitrogen and oxygen atoms in total. The van der Waals surface area contributed by atoms with Gasteiger partial charge >= 0.3 is 0 Å². The molecule has 0 bridgehead atoms. The SMILES string of the molecule is Cc1ccc(Cn2c(=N)n(C(CNC(=O)Cc3ccc(N)cc3)Cc3ccccc3)c3ccccc32)cc1. The van der Waals surface area contributed by atoms with E-state index >= 15 is 0 Å². The van der Waals surface area contributed by atoms with Crippen molar-refractivity contribution in [1.82, 2.24) is 14.5 Å².